The maximum atomic E-state index is 14.9. The Kier molecular flexibility index (Phi) is 24.9. The monoisotopic (exact) mass is 1490 g/mol. The van der Waals surface area contributed by atoms with Gasteiger partial charge in [0.1, 0.15) is 23.8 Å². The number of ether oxygens (including phenoxy) is 5. The Morgan fingerprint density at radius 1 is 0.849 bits per heavy atom. The third-order valence-electron chi connectivity index (χ3n) is 19.0. The minimum Gasteiger partial charge on any atom is -0.493 e. The Balaban J connectivity index is 0.680. The van der Waals surface area contributed by atoms with Gasteiger partial charge in [-0.25, -0.2) is 14.7 Å². The lowest BCUT2D eigenvalue weighted by molar-refractivity contribution is -0.195. The van der Waals surface area contributed by atoms with Crippen molar-refractivity contribution in [3.63, 3.8) is 0 Å². The first kappa shape index (κ1) is 77.2. The van der Waals surface area contributed by atoms with Gasteiger partial charge in [-0.3, -0.25) is 57.2 Å². The Bertz CT molecular complexity index is 4580. The van der Waals surface area contributed by atoms with Gasteiger partial charge in [0.2, 0.25) is 29.5 Å². The number of nitrogens with zero attached hydrogens (tertiary/aromatic N) is 7. The number of imide groups is 1. The highest BCUT2D eigenvalue weighted by molar-refractivity contribution is 8.00. The number of likely N-dealkylation sites (tertiary alicyclic amines) is 1. The van der Waals surface area contributed by atoms with E-state index in [1.807, 2.05) is 18.3 Å². The van der Waals surface area contributed by atoms with Crippen LogP contribution in [0.1, 0.15) is 125 Å². The van der Waals surface area contributed by atoms with Gasteiger partial charge < -0.3 is 63.1 Å². The highest BCUT2D eigenvalue weighted by Crippen LogP contribution is 2.46. The van der Waals surface area contributed by atoms with E-state index in [1.165, 1.54) is 39.1 Å². The summed E-state index contributed by atoms with van der Waals surface area (Å²) in [4.78, 5) is 153. The minimum absolute atomic E-state index is 0.00879. The van der Waals surface area contributed by atoms with Gasteiger partial charge in [0.25, 0.3) is 17.7 Å². The number of imidazole rings is 1. The van der Waals surface area contributed by atoms with Crippen LogP contribution in [0, 0.1) is 12.8 Å². The predicted octanol–water partition coefficient (Wildman–Crippen LogP) is 9.66. The standard InChI is InChI=1S/C76H87N10O18PS/c1-45-32-61-75(104-68-13-9-10-28-101-68)86(76(96)102-43-50-16-14-49(15-17-50)36-62(88)48(4)77-70(91)47(3)33-56(87)25-27-84-67(90)39-64(106-8)74(84)95)59-38-63(46(2)34-57(59)72(93)85(61)40-45)100-29-11-12-66(89)79-65-42-82(6)69(80-65)71(92)78-55-21-19-52(20-22-55)54-37-60(81(5)41-54)73(94)83-26-24-53-35-51(18-23-58(53)83)44-105(97,98)103-31-30-99-7/h14-24,26,34-35,37-38,41-42,47-48,61,64,68,75H,1,9-13,25,27-33,36,39-40,43-44H2,2-8H3,(H,77,91)(H,78,92)(H,79,89)(H,97,98)/t47-,48+,61+,64?,68?,75+/m1/s1. The number of hydrogen-bond acceptors (Lipinski definition) is 19. The van der Waals surface area contributed by atoms with E-state index < -0.39 is 67.2 Å². The van der Waals surface area contributed by atoms with Crippen molar-refractivity contribution in [2.75, 3.05) is 68.4 Å². The van der Waals surface area contributed by atoms with Crippen molar-refractivity contribution in [1.82, 2.24) is 33.8 Å². The summed E-state index contributed by atoms with van der Waals surface area (Å²) in [6.45, 7) is 9.74. The number of ketones is 2. The minimum atomic E-state index is -3.91. The normalized spacial score (nSPS) is 18.4. The van der Waals surface area contributed by atoms with Gasteiger partial charge in [-0.2, -0.15) is 11.8 Å². The lowest BCUT2D eigenvalue weighted by atomic mass is 10.00. The van der Waals surface area contributed by atoms with Crippen LogP contribution in [0.15, 0.2) is 122 Å². The molecule has 4 aliphatic rings. The second kappa shape index (κ2) is 34.1. The average Bonchev–Trinajstić information content (AvgIpc) is 1.58. The largest absolute Gasteiger partial charge is 0.493 e. The molecule has 11 rings (SSSR count). The summed E-state index contributed by atoms with van der Waals surface area (Å²) in [5.41, 5.74) is 6.53. The zero-order valence-corrected chi connectivity index (χ0v) is 61.9. The van der Waals surface area contributed by atoms with E-state index in [0.717, 1.165) is 34.4 Å². The maximum Gasteiger partial charge on any atom is 0.416 e. The summed E-state index contributed by atoms with van der Waals surface area (Å²) in [6, 6.07) is 24.3. The van der Waals surface area contributed by atoms with Crippen LogP contribution in [-0.4, -0.2) is 175 Å². The van der Waals surface area contributed by atoms with Crippen molar-refractivity contribution in [3.8, 4) is 16.9 Å². The number of amides is 7. The quantitative estimate of drug-likeness (QED) is 0.0136. The van der Waals surface area contributed by atoms with Crippen molar-refractivity contribution in [1.29, 1.82) is 0 Å². The van der Waals surface area contributed by atoms with E-state index in [9.17, 15) is 57.4 Å². The molecule has 3 saturated heterocycles. The summed E-state index contributed by atoms with van der Waals surface area (Å²) in [6.07, 6.45) is 6.53. The summed E-state index contributed by atoms with van der Waals surface area (Å²) < 4.78 is 52.6. The number of carbonyl (C=O) groups excluding carboxylic acids is 10. The molecule has 4 aromatic carbocycles. The number of rotatable bonds is 31. The smallest absolute Gasteiger partial charge is 0.416 e. The topological polar surface area (TPSA) is 337 Å². The van der Waals surface area contributed by atoms with E-state index in [-0.39, 0.29) is 142 Å². The molecule has 3 aromatic heterocycles. The third-order valence-corrected chi connectivity index (χ3v) is 21.3. The molecule has 4 aliphatic heterocycles. The number of methoxy groups -OCH3 is 1. The number of aromatic nitrogens is 4. The molecule has 7 amide bonds. The van der Waals surface area contributed by atoms with Crippen LogP contribution < -0.4 is 25.6 Å². The molecule has 7 aromatic rings. The van der Waals surface area contributed by atoms with Crippen LogP contribution in [0.3, 0.4) is 0 Å². The highest BCUT2D eigenvalue weighted by Gasteiger charge is 2.49. The first-order valence-electron chi connectivity index (χ1n) is 35.0. The molecule has 0 spiro atoms. The van der Waals surface area contributed by atoms with Crippen molar-refractivity contribution >= 4 is 106 Å². The number of carbonyl (C=O) groups is 10. The number of thioether (sulfide) groups is 1. The molecule has 7 heterocycles. The van der Waals surface area contributed by atoms with Crippen LogP contribution >= 0.6 is 19.4 Å². The van der Waals surface area contributed by atoms with Crippen LogP contribution in [0.25, 0.3) is 22.0 Å². The number of nitrogens with one attached hydrogen (secondary N) is 3. The molecule has 0 radical (unpaired) electrons. The third kappa shape index (κ3) is 18.5. The Morgan fingerprint density at radius 3 is 2.33 bits per heavy atom. The summed E-state index contributed by atoms with van der Waals surface area (Å²) in [5.74, 6) is -3.55. The molecular weight excluding hydrogens is 1400 g/mol. The molecule has 7 atom stereocenters. The highest BCUT2D eigenvalue weighted by atomic mass is 32.2. The Labute approximate surface area is 616 Å². The van der Waals surface area contributed by atoms with E-state index >= 15 is 0 Å². The van der Waals surface area contributed by atoms with Crippen LogP contribution in [0.2, 0.25) is 0 Å². The number of anilines is 3. The molecular formula is C76H87N10O18PS. The van der Waals surface area contributed by atoms with Gasteiger partial charge in [0, 0.05) is 120 Å². The van der Waals surface area contributed by atoms with Crippen molar-refractivity contribution < 1.29 is 85.6 Å². The van der Waals surface area contributed by atoms with Gasteiger partial charge in [-0.05, 0) is 122 Å². The van der Waals surface area contributed by atoms with Crippen molar-refractivity contribution in [2.45, 2.75) is 128 Å². The molecule has 4 N–H and O–H groups in total. The summed E-state index contributed by atoms with van der Waals surface area (Å²) in [5, 5.41) is 8.58. The van der Waals surface area contributed by atoms with Crippen LogP contribution in [0.5, 0.6) is 5.75 Å². The fraction of sp³-hybridized carbons (Fsp3) is 0.408. The maximum absolute atomic E-state index is 14.9. The van der Waals surface area contributed by atoms with E-state index in [4.69, 9.17) is 28.2 Å². The Morgan fingerprint density at radius 2 is 1.60 bits per heavy atom. The van der Waals surface area contributed by atoms with Crippen LogP contribution in [0.4, 0.5) is 22.0 Å². The number of aryl methyl sites for hydroxylation is 3. The number of Topliss-reactive ketones (excluding diaryl/α,β-unsaturated/α-hetero) is 2. The lowest BCUT2D eigenvalue weighted by Crippen LogP contribution is -2.54. The van der Waals surface area contributed by atoms with Crippen LogP contribution in [-0.2, 0) is 90.1 Å². The van der Waals surface area contributed by atoms with Gasteiger partial charge in [-0.15, -0.1) is 0 Å². The average molecular weight is 1490 g/mol. The van der Waals surface area contributed by atoms with E-state index in [2.05, 4.69) is 27.5 Å². The number of fused-ring (bicyclic) bond motifs is 3. The second-order valence-corrected chi connectivity index (χ2v) is 29.9. The second-order valence-electron chi connectivity index (χ2n) is 27.1. The van der Waals surface area contributed by atoms with Gasteiger partial charge >= 0.3 is 13.7 Å². The van der Waals surface area contributed by atoms with Gasteiger partial charge in [0.05, 0.1) is 60.1 Å². The molecule has 106 heavy (non-hydrogen) atoms. The Hall–Kier alpha value is -9.87. The molecule has 0 saturated carbocycles. The zero-order valence-electron chi connectivity index (χ0n) is 60.2. The van der Waals surface area contributed by atoms with Gasteiger partial charge in [0.15, 0.2) is 24.1 Å². The molecule has 560 valence electrons. The number of hydrogen-bond donors (Lipinski definition) is 4. The molecule has 28 nitrogen and oxygen atoms in total. The molecule has 0 bridgehead atoms. The fourth-order valence-corrected chi connectivity index (χ4v) is 15.0. The number of benzene rings is 4. The first-order valence-corrected chi connectivity index (χ1v) is 38.1. The van der Waals surface area contributed by atoms with E-state index in [1.54, 1.807) is 136 Å². The van der Waals surface area contributed by atoms with Crippen molar-refractivity contribution in [2.24, 2.45) is 20.0 Å². The molecule has 30 heteroatoms. The molecule has 3 fully saturated rings. The molecule has 3 unspecified atom stereocenters. The lowest BCUT2D eigenvalue weighted by Gasteiger charge is -2.38. The SMILES string of the molecule is C=C1C[C@H]2[C@H](OC3CCCCO3)N(C(=O)OCc3ccc(CC(=O)[C@H](C)NC(=O)[C@H](C)CC(=O)CCN4C(=O)CC(SC)C4=O)cc3)c3cc(OCCCC(=O)Nc4cn(C)c(C(=O)Nc5ccc(-c6cc(C(=O)n7ccc8cc(CP(=O)(O)OCCOC)ccc87)n(C)c6)cc5)n4)c(C)cc3C(=O)N2C1. The predicted molar refractivity (Wildman–Crippen MR) is 394 cm³/mol. The fourth-order valence-electron chi connectivity index (χ4n) is 13.3. The van der Waals surface area contributed by atoms with E-state index in [0.29, 0.717) is 69.7 Å². The van der Waals surface area contributed by atoms with Gasteiger partial charge in [-0.1, -0.05) is 61.5 Å². The first-order chi connectivity index (χ1) is 50.7. The summed E-state index contributed by atoms with van der Waals surface area (Å²) >= 11 is 1.29. The van der Waals surface area contributed by atoms with Crippen molar-refractivity contribution in [3.05, 3.63) is 161 Å². The zero-order chi connectivity index (χ0) is 75.7. The molecule has 0 aliphatic carbocycles. The summed E-state index contributed by atoms with van der Waals surface area (Å²) in [7, 11) is 0.953.